The summed E-state index contributed by atoms with van der Waals surface area (Å²) in [4.78, 5) is 4.56. The number of ether oxygens (including phenoxy) is 1. The molecule has 7 heteroatoms. The number of sulfonamides is 1. The lowest BCUT2D eigenvalue weighted by Crippen LogP contribution is -2.27. The normalized spacial score (nSPS) is 15.3. The van der Waals surface area contributed by atoms with E-state index in [1.807, 2.05) is 12.1 Å². The third-order valence-electron chi connectivity index (χ3n) is 4.21. The van der Waals surface area contributed by atoms with Crippen molar-refractivity contribution in [2.75, 3.05) is 25.4 Å². The fraction of sp³-hybridized carbons (Fsp3) is 0.421. The lowest BCUT2D eigenvalue weighted by molar-refractivity contribution is 0.343. The van der Waals surface area contributed by atoms with Gasteiger partial charge in [0.15, 0.2) is 0 Å². The molecular weight excluding hydrogens is 368 g/mol. The first-order valence-corrected chi connectivity index (χ1v) is 11.2. The molecule has 0 unspecified atom stereocenters. The Morgan fingerprint density at radius 3 is 2.42 bits per heavy atom. The summed E-state index contributed by atoms with van der Waals surface area (Å²) in [6, 6.07) is 9.57. The molecule has 2 heterocycles. The molecule has 0 atom stereocenters. The molecule has 3 rings (SSSR count). The van der Waals surface area contributed by atoms with Crippen molar-refractivity contribution in [3.63, 3.8) is 0 Å². The Kier molecular flexibility index (Phi) is 6.21. The Hall–Kier alpha value is -1.57. The number of thioether (sulfide) groups is 1. The van der Waals surface area contributed by atoms with Gasteiger partial charge in [0.25, 0.3) is 0 Å². The zero-order valence-electron chi connectivity index (χ0n) is 15.1. The maximum Gasteiger partial charge on any atom is 0.244 e. The predicted octanol–water partition coefficient (Wildman–Crippen LogP) is 3.65. The van der Waals surface area contributed by atoms with Crippen LogP contribution >= 0.6 is 11.8 Å². The van der Waals surface area contributed by atoms with Crippen molar-refractivity contribution < 1.29 is 13.2 Å². The summed E-state index contributed by atoms with van der Waals surface area (Å²) in [5.41, 5.74) is 2.37. The molecule has 26 heavy (non-hydrogen) atoms. The fourth-order valence-electron chi connectivity index (χ4n) is 3.00. The van der Waals surface area contributed by atoms with E-state index in [2.05, 4.69) is 24.9 Å². The van der Waals surface area contributed by atoms with Crippen molar-refractivity contribution >= 4 is 21.8 Å². The molecule has 0 N–H and O–H groups in total. The van der Waals surface area contributed by atoms with Crippen LogP contribution in [0.4, 0.5) is 0 Å². The summed E-state index contributed by atoms with van der Waals surface area (Å²) < 4.78 is 32.3. The predicted molar refractivity (Wildman–Crippen MR) is 104 cm³/mol. The number of hydrogen-bond acceptors (Lipinski definition) is 5. The summed E-state index contributed by atoms with van der Waals surface area (Å²) >= 11 is 1.56. The number of aryl methyl sites for hydroxylation is 2. The quantitative estimate of drug-likeness (QED) is 0.532. The molecule has 1 aliphatic heterocycles. The monoisotopic (exact) mass is 392 g/mol. The van der Waals surface area contributed by atoms with Crippen LogP contribution < -0.4 is 4.74 Å². The van der Waals surface area contributed by atoms with E-state index >= 15 is 0 Å². The highest BCUT2D eigenvalue weighted by Gasteiger charge is 2.27. The van der Waals surface area contributed by atoms with E-state index in [1.54, 1.807) is 23.9 Å². The van der Waals surface area contributed by atoms with Crippen LogP contribution in [0.15, 0.2) is 46.5 Å². The molecule has 5 nitrogen and oxygen atoms in total. The zero-order valence-corrected chi connectivity index (χ0v) is 16.8. The molecule has 1 saturated heterocycles. The first-order valence-electron chi connectivity index (χ1n) is 8.75. The Morgan fingerprint density at radius 2 is 1.81 bits per heavy atom. The molecule has 140 valence electrons. The van der Waals surface area contributed by atoms with Crippen molar-refractivity contribution in [2.24, 2.45) is 0 Å². The average Bonchev–Trinajstić information content (AvgIpc) is 3.14. The fourth-order valence-corrected chi connectivity index (χ4v) is 5.13. The lowest BCUT2D eigenvalue weighted by atomic mass is 10.1. The second kappa shape index (κ2) is 8.41. The SMILES string of the molecule is Cc1cc(C)cc(OCCSc2ccc(S(=O)(=O)N3CCCC3)cn2)c1. The maximum atomic E-state index is 12.5. The zero-order chi connectivity index (χ0) is 18.6. The minimum Gasteiger partial charge on any atom is -0.493 e. The van der Waals surface area contributed by atoms with Gasteiger partial charge < -0.3 is 4.74 Å². The number of rotatable bonds is 7. The second-order valence-corrected chi connectivity index (χ2v) is 9.52. The van der Waals surface area contributed by atoms with E-state index in [-0.39, 0.29) is 4.90 Å². The van der Waals surface area contributed by atoms with Crippen molar-refractivity contribution in [1.82, 2.24) is 9.29 Å². The maximum absolute atomic E-state index is 12.5. The highest BCUT2D eigenvalue weighted by atomic mass is 32.2. The van der Waals surface area contributed by atoms with Gasteiger partial charge in [0.05, 0.1) is 11.6 Å². The largest absolute Gasteiger partial charge is 0.493 e. The molecule has 1 aromatic heterocycles. The van der Waals surface area contributed by atoms with Crippen LogP contribution in [-0.2, 0) is 10.0 Å². The van der Waals surface area contributed by atoms with Gasteiger partial charge in [-0.3, -0.25) is 0 Å². The van der Waals surface area contributed by atoms with Gasteiger partial charge >= 0.3 is 0 Å². The smallest absolute Gasteiger partial charge is 0.244 e. The Labute approximate surface area is 159 Å². The second-order valence-electron chi connectivity index (χ2n) is 6.46. The van der Waals surface area contributed by atoms with E-state index in [1.165, 1.54) is 21.6 Å². The molecule has 0 amide bonds. The van der Waals surface area contributed by atoms with Crippen LogP contribution in [0.1, 0.15) is 24.0 Å². The lowest BCUT2D eigenvalue weighted by Gasteiger charge is -2.15. The molecule has 0 bridgehead atoms. The molecule has 1 aromatic carbocycles. The van der Waals surface area contributed by atoms with Gasteiger partial charge in [-0.2, -0.15) is 4.31 Å². The van der Waals surface area contributed by atoms with Gasteiger partial charge in [-0.15, -0.1) is 11.8 Å². The Balaban J connectivity index is 1.51. The summed E-state index contributed by atoms with van der Waals surface area (Å²) in [7, 11) is -3.39. The third-order valence-corrected chi connectivity index (χ3v) is 7.00. The summed E-state index contributed by atoms with van der Waals surface area (Å²) in [6.07, 6.45) is 3.32. The van der Waals surface area contributed by atoms with E-state index in [0.717, 1.165) is 29.4 Å². The van der Waals surface area contributed by atoms with E-state index in [4.69, 9.17) is 4.74 Å². The molecule has 1 aliphatic rings. The van der Waals surface area contributed by atoms with Crippen molar-refractivity contribution in [1.29, 1.82) is 0 Å². The number of pyridine rings is 1. The van der Waals surface area contributed by atoms with Crippen LogP contribution in [0.5, 0.6) is 5.75 Å². The number of nitrogens with zero attached hydrogens (tertiary/aromatic N) is 2. The van der Waals surface area contributed by atoms with E-state index in [0.29, 0.717) is 19.7 Å². The Morgan fingerprint density at radius 1 is 1.12 bits per heavy atom. The van der Waals surface area contributed by atoms with Gasteiger partial charge in [-0.05, 0) is 62.1 Å². The van der Waals surface area contributed by atoms with E-state index in [9.17, 15) is 8.42 Å². The summed E-state index contributed by atoms with van der Waals surface area (Å²) in [6.45, 7) is 5.89. The number of aromatic nitrogens is 1. The van der Waals surface area contributed by atoms with Crippen molar-refractivity contribution in [3.8, 4) is 5.75 Å². The van der Waals surface area contributed by atoms with Gasteiger partial charge in [0.2, 0.25) is 10.0 Å². The van der Waals surface area contributed by atoms with Gasteiger partial charge in [-0.25, -0.2) is 13.4 Å². The first kappa shape index (κ1) is 19.2. The molecule has 2 aromatic rings. The number of hydrogen-bond donors (Lipinski definition) is 0. The Bertz CT molecular complexity index is 825. The molecule has 0 spiro atoms. The van der Waals surface area contributed by atoms with Gasteiger partial charge in [0, 0.05) is 25.0 Å². The van der Waals surface area contributed by atoms with Gasteiger partial charge in [-0.1, -0.05) is 6.07 Å². The minimum absolute atomic E-state index is 0.273. The van der Waals surface area contributed by atoms with Crippen molar-refractivity contribution in [3.05, 3.63) is 47.7 Å². The van der Waals surface area contributed by atoms with Crippen molar-refractivity contribution in [2.45, 2.75) is 36.6 Å². The molecular formula is C19H24N2O3S2. The highest BCUT2D eigenvalue weighted by Crippen LogP contribution is 2.23. The number of benzene rings is 1. The van der Waals surface area contributed by atoms with Crippen LogP contribution in [0, 0.1) is 13.8 Å². The first-order chi connectivity index (χ1) is 12.4. The molecule has 1 fully saturated rings. The van der Waals surface area contributed by atoms with Crippen LogP contribution in [0.3, 0.4) is 0 Å². The minimum atomic E-state index is -3.39. The topological polar surface area (TPSA) is 59.5 Å². The average molecular weight is 393 g/mol. The summed E-state index contributed by atoms with van der Waals surface area (Å²) in [5, 5.41) is 0.800. The standard InChI is InChI=1S/C19H24N2O3S2/c1-15-11-16(2)13-17(12-15)24-9-10-25-19-6-5-18(14-20-19)26(22,23)21-7-3-4-8-21/h5-6,11-14H,3-4,7-10H2,1-2H3. The molecule has 0 saturated carbocycles. The van der Waals surface area contributed by atoms with Crippen LogP contribution in [0.2, 0.25) is 0 Å². The van der Waals surface area contributed by atoms with Crippen LogP contribution in [0.25, 0.3) is 0 Å². The van der Waals surface area contributed by atoms with Gasteiger partial charge in [0.1, 0.15) is 10.6 Å². The third kappa shape index (κ3) is 4.78. The summed E-state index contributed by atoms with van der Waals surface area (Å²) in [5.74, 6) is 1.63. The van der Waals surface area contributed by atoms with Crippen LogP contribution in [-0.4, -0.2) is 43.2 Å². The molecule has 0 radical (unpaired) electrons. The van der Waals surface area contributed by atoms with E-state index < -0.39 is 10.0 Å². The molecule has 0 aliphatic carbocycles. The highest BCUT2D eigenvalue weighted by molar-refractivity contribution is 7.99.